The summed E-state index contributed by atoms with van der Waals surface area (Å²) in [5.74, 6) is 1.18. The SMILES string of the molecule is COCCN(CCOC)c1ncnc(N)c1Br. The van der Waals surface area contributed by atoms with Crippen LogP contribution >= 0.6 is 15.9 Å². The van der Waals surface area contributed by atoms with Crippen LogP contribution in [0.3, 0.4) is 0 Å². The molecule has 96 valence electrons. The quantitative estimate of drug-likeness (QED) is 0.807. The number of ether oxygens (including phenoxy) is 2. The Morgan fingerprint density at radius 1 is 1.24 bits per heavy atom. The zero-order valence-corrected chi connectivity index (χ0v) is 11.6. The maximum Gasteiger partial charge on any atom is 0.148 e. The van der Waals surface area contributed by atoms with Gasteiger partial charge in [-0.2, -0.15) is 0 Å². The molecule has 1 aromatic rings. The molecule has 0 unspecified atom stereocenters. The number of halogens is 1. The summed E-state index contributed by atoms with van der Waals surface area (Å²) >= 11 is 3.39. The van der Waals surface area contributed by atoms with Gasteiger partial charge in [0.1, 0.15) is 22.4 Å². The van der Waals surface area contributed by atoms with E-state index in [0.29, 0.717) is 23.5 Å². The van der Waals surface area contributed by atoms with E-state index in [1.54, 1.807) is 14.2 Å². The Labute approximate surface area is 109 Å². The van der Waals surface area contributed by atoms with Gasteiger partial charge in [-0.1, -0.05) is 0 Å². The molecular weight excluding hydrogens is 288 g/mol. The summed E-state index contributed by atoms with van der Waals surface area (Å²) in [6, 6.07) is 0. The van der Waals surface area contributed by atoms with E-state index in [-0.39, 0.29) is 0 Å². The molecular formula is C10H17BrN4O2. The van der Waals surface area contributed by atoms with Gasteiger partial charge in [0.2, 0.25) is 0 Å². The third-order valence-electron chi connectivity index (χ3n) is 2.23. The van der Waals surface area contributed by atoms with Gasteiger partial charge in [-0.05, 0) is 15.9 Å². The molecule has 0 saturated carbocycles. The molecule has 0 aliphatic rings. The first kappa shape index (κ1) is 14.1. The van der Waals surface area contributed by atoms with Gasteiger partial charge in [-0.15, -0.1) is 0 Å². The second kappa shape index (κ2) is 7.41. The number of hydrogen-bond donors (Lipinski definition) is 1. The fourth-order valence-electron chi connectivity index (χ4n) is 1.32. The van der Waals surface area contributed by atoms with Crippen molar-refractivity contribution in [3.63, 3.8) is 0 Å². The lowest BCUT2D eigenvalue weighted by Gasteiger charge is -2.24. The highest BCUT2D eigenvalue weighted by atomic mass is 79.9. The number of hydrogen-bond acceptors (Lipinski definition) is 6. The van der Waals surface area contributed by atoms with E-state index in [1.807, 2.05) is 4.90 Å². The summed E-state index contributed by atoms with van der Waals surface area (Å²) in [4.78, 5) is 10.2. The van der Waals surface area contributed by atoms with Crippen molar-refractivity contribution in [1.82, 2.24) is 9.97 Å². The number of anilines is 2. The van der Waals surface area contributed by atoms with Crippen LogP contribution in [0.5, 0.6) is 0 Å². The van der Waals surface area contributed by atoms with Crippen molar-refractivity contribution >= 4 is 27.6 Å². The molecule has 2 N–H and O–H groups in total. The molecule has 7 heteroatoms. The Kier molecular flexibility index (Phi) is 6.17. The molecule has 0 radical (unpaired) electrons. The molecule has 1 aromatic heterocycles. The summed E-state index contributed by atoms with van der Waals surface area (Å²) < 4.78 is 10.8. The van der Waals surface area contributed by atoms with Crippen LogP contribution in [0.15, 0.2) is 10.8 Å². The fourth-order valence-corrected chi connectivity index (χ4v) is 1.78. The summed E-state index contributed by atoms with van der Waals surface area (Å²) in [6.07, 6.45) is 1.45. The number of nitrogen functional groups attached to an aromatic ring is 1. The average Bonchev–Trinajstić information content (AvgIpc) is 2.34. The zero-order chi connectivity index (χ0) is 12.7. The van der Waals surface area contributed by atoms with Crippen LogP contribution in [0.1, 0.15) is 0 Å². The molecule has 0 bridgehead atoms. The van der Waals surface area contributed by atoms with Crippen molar-refractivity contribution in [2.75, 3.05) is 51.2 Å². The summed E-state index contributed by atoms with van der Waals surface area (Å²) in [5.41, 5.74) is 5.73. The highest BCUT2D eigenvalue weighted by molar-refractivity contribution is 9.10. The van der Waals surface area contributed by atoms with E-state index in [9.17, 15) is 0 Å². The van der Waals surface area contributed by atoms with Crippen molar-refractivity contribution in [3.8, 4) is 0 Å². The monoisotopic (exact) mass is 304 g/mol. The molecule has 0 aliphatic carbocycles. The van der Waals surface area contributed by atoms with E-state index < -0.39 is 0 Å². The minimum atomic E-state index is 0.426. The lowest BCUT2D eigenvalue weighted by atomic mass is 10.4. The Hall–Kier alpha value is -0.920. The molecule has 17 heavy (non-hydrogen) atoms. The second-order valence-electron chi connectivity index (χ2n) is 3.37. The lowest BCUT2D eigenvalue weighted by molar-refractivity contribution is 0.190. The van der Waals surface area contributed by atoms with Crippen LogP contribution in [0.2, 0.25) is 0 Å². The van der Waals surface area contributed by atoms with Gasteiger partial charge in [0, 0.05) is 27.3 Å². The smallest absolute Gasteiger partial charge is 0.148 e. The number of methoxy groups -OCH3 is 2. The Bertz CT molecular complexity index is 343. The third kappa shape index (κ3) is 4.10. The van der Waals surface area contributed by atoms with Crippen LogP contribution < -0.4 is 10.6 Å². The van der Waals surface area contributed by atoms with E-state index in [0.717, 1.165) is 18.9 Å². The highest BCUT2D eigenvalue weighted by Crippen LogP contribution is 2.27. The molecule has 0 aromatic carbocycles. The van der Waals surface area contributed by atoms with E-state index in [4.69, 9.17) is 15.2 Å². The first-order chi connectivity index (χ1) is 8.20. The van der Waals surface area contributed by atoms with Crippen LogP contribution in [0, 0.1) is 0 Å². The Morgan fingerprint density at radius 3 is 2.35 bits per heavy atom. The van der Waals surface area contributed by atoms with Crippen LogP contribution in [0.4, 0.5) is 11.6 Å². The molecule has 1 rings (SSSR count). The van der Waals surface area contributed by atoms with Gasteiger partial charge >= 0.3 is 0 Å². The Balaban J connectivity index is 2.83. The highest BCUT2D eigenvalue weighted by Gasteiger charge is 2.13. The minimum Gasteiger partial charge on any atom is -0.383 e. The normalized spacial score (nSPS) is 10.5. The topological polar surface area (TPSA) is 73.5 Å². The minimum absolute atomic E-state index is 0.426. The third-order valence-corrected chi connectivity index (χ3v) is 2.99. The van der Waals surface area contributed by atoms with Gasteiger partial charge in [0.05, 0.1) is 13.2 Å². The standard InChI is InChI=1S/C10H17BrN4O2/c1-16-5-3-15(4-6-17-2)10-8(11)9(12)13-7-14-10/h7H,3-6H2,1-2H3,(H2,12,13,14). The number of rotatable bonds is 7. The average molecular weight is 305 g/mol. The second-order valence-corrected chi connectivity index (χ2v) is 4.16. The van der Waals surface area contributed by atoms with E-state index in [2.05, 4.69) is 25.9 Å². The van der Waals surface area contributed by atoms with Crippen LogP contribution in [-0.4, -0.2) is 50.5 Å². The zero-order valence-electron chi connectivity index (χ0n) is 10.0. The van der Waals surface area contributed by atoms with Crippen molar-refractivity contribution in [1.29, 1.82) is 0 Å². The molecule has 1 heterocycles. The Morgan fingerprint density at radius 2 is 1.82 bits per heavy atom. The molecule has 0 atom stereocenters. The first-order valence-corrected chi connectivity index (χ1v) is 5.98. The lowest BCUT2D eigenvalue weighted by Crippen LogP contribution is -2.31. The van der Waals surface area contributed by atoms with Gasteiger partial charge < -0.3 is 20.1 Å². The van der Waals surface area contributed by atoms with Gasteiger partial charge in [0.15, 0.2) is 0 Å². The van der Waals surface area contributed by atoms with Gasteiger partial charge in [0.25, 0.3) is 0 Å². The van der Waals surface area contributed by atoms with Crippen molar-refractivity contribution in [2.24, 2.45) is 0 Å². The summed E-state index contributed by atoms with van der Waals surface area (Å²) in [6.45, 7) is 2.66. The summed E-state index contributed by atoms with van der Waals surface area (Å²) in [7, 11) is 3.33. The number of aromatic nitrogens is 2. The van der Waals surface area contributed by atoms with E-state index in [1.165, 1.54) is 6.33 Å². The molecule has 6 nitrogen and oxygen atoms in total. The van der Waals surface area contributed by atoms with Crippen LogP contribution in [-0.2, 0) is 9.47 Å². The predicted molar refractivity (Wildman–Crippen MR) is 70.1 cm³/mol. The largest absolute Gasteiger partial charge is 0.383 e. The number of nitrogens with zero attached hydrogens (tertiary/aromatic N) is 3. The van der Waals surface area contributed by atoms with Crippen molar-refractivity contribution in [2.45, 2.75) is 0 Å². The van der Waals surface area contributed by atoms with Crippen molar-refractivity contribution < 1.29 is 9.47 Å². The molecule has 0 amide bonds. The van der Waals surface area contributed by atoms with Gasteiger partial charge in [-0.25, -0.2) is 9.97 Å². The van der Waals surface area contributed by atoms with Crippen LogP contribution in [0.25, 0.3) is 0 Å². The molecule has 0 spiro atoms. The molecule has 0 aliphatic heterocycles. The van der Waals surface area contributed by atoms with E-state index >= 15 is 0 Å². The first-order valence-electron chi connectivity index (χ1n) is 5.19. The maximum absolute atomic E-state index is 5.73. The molecule has 0 saturated heterocycles. The van der Waals surface area contributed by atoms with Crippen molar-refractivity contribution in [3.05, 3.63) is 10.8 Å². The fraction of sp³-hybridized carbons (Fsp3) is 0.600. The predicted octanol–water partition coefficient (Wildman–Crippen LogP) is 0.920. The van der Waals surface area contributed by atoms with Gasteiger partial charge in [-0.3, -0.25) is 0 Å². The molecule has 0 fully saturated rings. The number of nitrogens with two attached hydrogens (primary N) is 1. The maximum atomic E-state index is 5.73. The summed E-state index contributed by atoms with van der Waals surface area (Å²) in [5, 5.41) is 0.